The maximum atomic E-state index is 11.6. The van der Waals surface area contributed by atoms with E-state index in [0.717, 1.165) is 5.56 Å². The molecule has 0 aliphatic rings. The molecular formula is C12H19NaO3S. The van der Waals surface area contributed by atoms with Crippen molar-refractivity contribution in [3.63, 3.8) is 0 Å². The first-order valence-corrected chi connectivity index (χ1v) is 6.94. The van der Waals surface area contributed by atoms with Crippen molar-refractivity contribution < 1.29 is 12.6 Å². The summed E-state index contributed by atoms with van der Waals surface area (Å²) in [5, 5.41) is 0. The van der Waals surface area contributed by atoms with E-state index in [1.807, 2.05) is 37.3 Å². The van der Waals surface area contributed by atoms with Crippen LogP contribution >= 0.6 is 0 Å². The summed E-state index contributed by atoms with van der Waals surface area (Å²) >= 11 is 0. The first-order chi connectivity index (χ1) is 7.37. The van der Waals surface area contributed by atoms with Crippen molar-refractivity contribution in [3.8, 4) is 0 Å². The Hall–Kier alpha value is 0.130. The standard InChI is InChI=1S/C12H18O3S.Na.H/c1-4-10-16(13,14)15-12(2,3)11-8-6-5-7-9-11;;/h5-9H,4,10H2,1-3H3;;. The second kappa shape index (κ2) is 6.90. The van der Waals surface area contributed by atoms with E-state index in [-0.39, 0.29) is 35.3 Å². The number of hydrogen-bond donors (Lipinski definition) is 0. The van der Waals surface area contributed by atoms with Crippen LogP contribution in [0.4, 0.5) is 0 Å². The first-order valence-electron chi connectivity index (χ1n) is 5.36. The molecule has 1 aromatic rings. The minimum atomic E-state index is -3.44. The predicted molar refractivity (Wildman–Crippen MR) is 71.8 cm³/mol. The van der Waals surface area contributed by atoms with Crippen molar-refractivity contribution in [1.82, 2.24) is 0 Å². The van der Waals surface area contributed by atoms with Crippen LogP contribution in [0.2, 0.25) is 0 Å². The van der Waals surface area contributed by atoms with Crippen LogP contribution in [0.5, 0.6) is 0 Å². The fraction of sp³-hybridized carbons (Fsp3) is 0.500. The zero-order chi connectivity index (χ0) is 12.2. The van der Waals surface area contributed by atoms with Crippen LogP contribution in [0.3, 0.4) is 0 Å². The molecule has 0 heterocycles. The van der Waals surface area contributed by atoms with Gasteiger partial charge < -0.3 is 0 Å². The molecule has 0 amide bonds. The second-order valence-electron chi connectivity index (χ2n) is 4.22. The Labute approximate surface area is 126 Å². The van der Waals surface area contributed by atoms with E-state index in [9.17, 15) is 8.42 Å². The molecule has 0 aromatic heterocycles. The molecule has 0 bridgehead atoms. The van der Waals surface area contributed by atoms with Crippen LogP contribution in [0.25, 0.3) is 0 Å². The van der Waals surface area contributed by atoms with Crippen molar-refractivity contribution in [2.24, 2.45) is 0 Å². The Morgan fingerprint density at radius 3 is 2.18 bits per heavy atom. The Bertz CT molecular complexity index is 426. The van der Waals surface area contributed by atoms with E-state index < -0.39 is 15.7 Å². The molecular weight excluding hydrogens is 247 g/mol. The van der Waals surface area contributed by atoms with Gasteiger partial charge in [-0.2, -0.15) is 8.42 Å². The topological polar surface area (TPSA) is 43.4 Å². The van der Waals surface area contributed by atoms with Gasteiger partial charge in [0.2, 0.25) is 0 Å². The van der Waals surface area contributed by atoms with E-state index in [4.69, 9.17) is 4.18 Å². The van der Waals surface area contributed by atoms with Crippen molar-refractivity contribution in [3.05, 3.63) is 35.9 Å². The van der Waals surface area contributed by atoms with Crippen LogP contribution in [-0.2, 0) is 19.9 Å². The molecule has 0 radical (unpaired) electrons. The van der Waals surface area contributed by atoms with Crippen LogP contribution in [-0.4, -0.2) is 43.7 Å². The van der Waals surface area contributed by atoms with Gasteiger partial charge in [0.15, 0.2) is 0 Å². The summed E-state index contributed by atoms with van der Waals surface area (Å²) in [7, 11) is -3.44. The summed E-state index contributed by atoms with van der Waals surface area (Å²) in [5.74, 6) is 0.0588. The zero-order valence-corrected chi connectivity index (χ0v) is 10.8. The van der Waals surface area contributed by atoms with Crippen LogP contribution in [0.1, 0.15) is 32.8 Å². The molecule has 0 saturated carbocycles. The fourth-order valence-electron chi connectivity index (χ4n) is 1.50. The molecule has 5 heteroatoms. The molecule has 0 unspecified atom stereocenters. The third-order valence-corrected chi connectivity index (χ3v) is 3.84. The predicted octanol–water partition coefficient (Wildman–Crippen LogP) is 2.03. The molecule has 0 aliphatic carbocycles. The SMILES string of the molecule is CCCS(=O)(=O)OC(C)(C)c1ccccc1.[NaH]. The van der Waals surface area contributed by atoms with E-state index in [0.29, 0.717) is 6.42 Å². The normalized spacial score (nSPS) is 11.9. The summed E-state index contributed by atoms with van der Waals surface area (Å²) in [6, 6.07) is 9.35. The summed E-state index contributed by atoms with van der Waals surface area (Å²) in [6.07, 6.45) is 0.563. The third-order valence-electron chi connectivity index (χ3n) is 2.26. The van der Waals surface area contributed by atoms with Gasteiger partial charge in [0.25, 0.3) is 10.1 Å². The Kier molecular flexibility index (Phi) is 6.95. The summed E-state index contributed by atoms with van der Waals surface area (Å²) < 4.78 is 28.4. The van der Waals surface area contributed by atoms with Crippen molar-refractivity contribution in [2.45, 2.75) is 32.8 Å². The molecule has 0 saturated heterocycles. The van der Waals surface area contributed by atoms with Crippen LogP contribution in [0.15, 0.2) is 30.3 Å². The second-order valence-corrected chi connectivity index (χ2v) is 5.91. The van der Waals surface area contributed by atoms with E-state index >= 15 is 0 Å². The van der Waals surface area contributed by atoms with Crippen molar-refractivity contribution in [1.29, 1.82) is 0 Å². The van der Waals surface area contributed by atoms with Gasteiger partial charge in [-0.1, -0.05) is 37.3 Å². The fourth-order valence-corrected chi connectivity index (χ4v) is 2.81. The molecule has 0 atom stereocenters. The van der Waals surface area contributed by atoms with Gasteiger partial charge in [0.1, 0.15) is 5.60 Å². The van der Waals surface area contributed by atoms with E-state index in [2.05, 4.69) is 0 Å². The summed E-state index contributed by atoms with van der Waals surface area (Å²) in [4.78, 5) is 0. The summed E-state index contributed by atoms with van der Waals surface area (Å²) in [5.41, 5.74) is 0.0459. The Morgan fingerprint density at radius 1 is 1.18 bits per heavy atom. The van der Waals surface area contributed by atoms with Crippen LogP contribution in [0, 0.1) is 0 Å². The quantitative estimate of drug-likeness (QED) is 0.605. The Morgan fingerprint density at radius 2 is 1.71 bits per heavy atom. The number of rotatable bonds is 5. The monoisotopic (exact) mass is 266 g/mol. The minimum absolute atomic E-state index is 0. The van der Waals surface area contributed by atoms with Gasteiger partial charge in [-0.25, -0.2) is 0 Å². The summed E-state index contributed by atoms with van der Waals surface area (Å²) in [6.45, 7) is 5.33. The van der Waals surface area contributed by atoms with Gasteiger partial charge in [0.05, 0.1) is 5.75 Å². The number of hydrogen-bond acceptors (Lipinski definition) is 3. The van der Waals surface area contributed by atoms with Gasteiger partial charge in [0, 0.05) is 0 Å². The van der Waals surface area contributed by atoms with Gasteiger partial charge in [-0.15, -0.1) is 0 Å². The van der Waals surface area contributed by atoms with Gasteiger partial charge in [-0.05, 0) is 25.8 Å². The molecule has 1 aromatic carbocycles. The average Bonchev–Trinajstić information content (AvgIpc) is 2.17. The molecule has 1 rings (SSSR count). The molecule has 17 heavy (non-hydrogen) atoms. The van der Waals surface area contributed by atoms with Crippen molar-refractivity contribution >= 4 is 39.7 Å². The molecule has 0 aliphatic heterocycles. The van der Waals surface area contributed by atoms with Gasteiger partial charge >= 0.3 is 29.6 Å². The number of benzene rings is 1. The molecule has 3 nitrogen and oxygen atoms in total. The molecule has 0 spiro atoms. The third kappa shape index (κ3) is 5.53. The molecule has 0 fully saturated rings. The Balaban J connectivity index is 0.00000256. The first kappa shape index (κ1) is 17.1. The molecule has 92 valence electrons. The maximum absolute atomic E-state index is 11.6. The van der Waals surface area contributed by atoms with E-state index in [1.165, 1.54) is 0 Å². The van der Waals surface area contributed by atoms with Crippen LogP contribution < -0.4 is 0 Å². The molecule has 0 N–H and O–H groups in total. The van der Waals surface area contributed by atoms with E-state index in [1.54, 1.807) is 13.8 Å². The zero-order valence-electron chi connectivity index (χ0n) is 9.93. The average molecular weight is 266 g/mol. The van der Waals surface area contributed by atoms with Gasteiger partial charge in [-0.3, -0.25) is 4.18 Å². The van der Waals surface area contributed by atoms with Crippen molar-refractivity contribution in [2.75, 3.05) is 5.75 Å².